The Hall–Kier alpha value is -1.15. The standard InChI is InChI=1S/C17H24O2/c1-14(2)8-9-16(18)17(10-12-19-13-11-17)15-6-4-3-5-7-15/h3-7,14H,8-13H2,1-2H3. The van der Waals surface area contributed by atoms with Crippen LogP contribution in [0, 0.1) is 5.92 Å². The molecule has 0 amide bonds. The minimum absolute atomic E-state index is 0.297. The number of benzene rings is 1. The molecule has 0 aliphatic carbocycles. The summed E-state index contributed by atoms with van der Waals surface area (Å²) < 4.78 is 5.47. The zero-order valence-electron chi connectivity index (χ0n) is 12.0. The fraction of sp³-hybridized carbons (Fsp3) is 0.588. The van der Waals surface area contributed by atoms with Gasteiger partial charge in [0.1, 0.15) is 5.78 Å². The van der Waals surface area contributed by atoms with Crippen LogP contribution in [0.2, 0.25) is 0 Å². The third kappa shape index (κ3) is 3.24. The fourth-order valence-corrected chi connectivity index (χ4v) is 2.86. The lowest BCUT2D eigenvalue weighted by Gasteiger charge is -2.36. The number of rotatable bonds is 5. The summed E-state index contributed by atoms with van der Waals surface area (Å²) >= 11 is 0. The van der Waals surface area contributed by atoms with Gasteiger partial charge in [-0.3, -0.25) is 4.79 Å². The molecule has 0 unspecified atom stereocenters. The number of hydrogen-bond donors (Lipinski definition) is 0. The zero-order valence-corrected chi connectivity index (χ0v) is 12.0. The quantitative estimate of drug-likeness (QED) is 0.806. The molecule has 1 aliphatic rings. The Labute approximate surface area is 116 Å². The van der Waals surface area contributed by atoms with Gasteiger partial charge in [0.2, 0.25) is 0 Å². The largest absolute Gasteiger partial charge is 0.381 e. The molecule has 0 N–H and O–H groups in total. The maximum absolute atomic E-state index is 12.8. The minimum Gasteiger partial charge on any atom is -0.381 e. The van der Waals surface area contributed by atoms with E-state index in [1.165, 1.54) is 5.56 Å². The van der Waals surface area contributed by atoms with Crippen molar-refractivity contribution in [2.45, 2.75) is 44.9 Å². The summed E-state index contributed by atoms with van der Waals surface area (Å²) in [4.78, 5) is 12.8. The van der Waals surface area contributed by atoms with Gasteiger partial charge in [-0.25, -0.2) is 0 Å². The molecular formula is C17H24O2. The van der Waals surface area contributed by atoms with E-state index in [2.05, 4.69) is 26.0 Å². The van der Waals surface area contributed by atoms with Gasteiger partial charge in [0.05, 0.1) is 5.41 Å². The van der Waals surface area contributed by atoms with Crippen molar-refractivity contribution in [1.29, 1.82) is 0 Å². The third-order valence-electron chi connectivity index (χ3n) is 4.16. The van der Waals surface area contributed by atoms with Crippen molar-refractivity contribution in [1.82, 2.24) is 0 Å². The normalized spacial score (nSPS) is 18.5. The molecule has 1 fully saturated rings. The molecule has 1 aromatic carbocycles. The van der Waals surface area contributed by atoms with Gasteiger partial charge in [-0.15, -0.1) is 0 Å². The van der Waals surface area contributed by atoms with Gasteiger partial charge < -0.3 is 4.74 Å². The first-order valence-corrected chi connectivity index (χ1v) is 7.32. The summed E-state index contributed by atoms with van der Waals surface area (Å²) in [6.07, 6.45) is 3.32. The van der Waals surface area contributed by atoms with E-state index in [1.54, 1.807) is 0 Å². The second kappa shape index (κ2) is 6.33. The maximum atomic E-state index is 12.8. The van der Waals surface area contributed by atoms with E-state index < -0.39 is 0 Å². The molecule has 0 saturated carbocycles. The first kappa shape index (κ1) is 14.3. The highest BCUT2D eigenvalue weighted by Gasteiger charge is 2.40. The molecule has 0 atom stereocenters. The molecule has 1 saturated heterocycles. The molecule has 0 radical (unpaired) electrons. The van der Waals surface area contributed by atoms with E-state index in [1.807, 2.05) is 18.2 Å². The van der Waals surface area contributed by atoms with E-state index in [9.17, 15) is 4.79 Å². The number of carbonyl (C=O) groups excluding carboxylic acids is 1. The lowest BCUT2D eigenvalue weighted by atomic mass is 9.69. The highest BCUT2D eigenvalue weighted by Crippen LogP contribution is 2.37. The molecule has 104 valence electrons. The maximum Gasteiger partial charge on any atom is 0.143 e. The first-order valence-electron chi connectivity index (χ1n) is 7.32. The number of carbonyl (C=O) groups is 1. The Bertz CT molecular complexity index is 403. The molecule has 0 spiro atoms. The van der Waals surface area contributed by atoms with E-state index in [0.29, 0.717) is 31.3 Å². The van der Waals surface area contributed by atoms with Gasteiger partial charge in [0.25, 0.3) is 0 Å². The van der Waals surface area contributed by atoms with Crippen molar-refractivity contribution < 1.29 is 9.53 Å². The lowest BCUT2D eigenvalue weighted by molar-refractivity contribution is -0.128. The fourth-order valence-electron chi connectivity index (χ4n) is 2.86. The summed E-state index contributed by atoms with van der Waals surface area (Å²) in [5, 5.41) is 0. The van der Waals surface area contributed by atoms with Gasteiger partial charge in [0, 0.05) is 19.6 Å². The third-order valence-corrected chi connectivity index (χ3v) is 4.16. The average molecular weight is 260 g/mol. The zero-order chi connectivity index (χ0) is 13.7. The van der Waals surface area contributed by atoms with Crippen molar-refractivity contribution in [3.63, 3.8) is 0 Å². The van der Waals surface area contributed by atoms with Gasteiger partial charge in [0.15, 0.2) is 0 Å². The number of Topliss-reactive ketones (excluding diaryl/α,β-unsaturated/α-hetero) is 1. The highest BCUT2D eigenvalue weighted by molar-refractivity contribution is 5.90. The van der Waals surface area contributed by atoms with Gasteiger partial charge in [-0.05, 0) is 30.7 Å². The first-order chi connectivity index (χ1) is 9.15. The van der Waals surface area contributed by atoms with Crippen molar-refractivity contribution in [3.05, 3.63) is 35.9 Å². The molecule has 1 aromatic rings. The van der Waals surface area contributed by atoms with Crippen LogP contribution < -0.4 is 0 Å². The van der Waals surface area contributed by atoms with Crippen molar-refractivity contribution in [3.8, 4) is 0 Å². The van der Waals surface area contributed by atoms with Gasteiger partial charge in [-0.2, -0.15) is 0 Å². The van der Waals surface area contributed by atoms with Crippen LogP contribution in [0.15, 0.2) is 30.3 Å². The summed E-state index contributed by atoms with van der Waals surface area (Å²) in [6.45, 7) is 5.74. The molecule has 0 bridgehead atoms. The Balaban J connectivity index is 2.22. The lowest BCUT2D eigenvalue weighted by Crippen LogP contribution is -2.41. The molecule has 2 heteroatoms. The molecule has 2 rings (SSSR count). The van der Waals surface area contributed by atoms with Gasteiger partial charge in [-0.1, -0.05) is 44.2 Å². The van der Waals surface area contributed by atoms with Crippen molar-refractivity contribution in [2.24, 2.45) is 5.92 Å². The van der Waals surface area contributed by atoms with Crippen molar-refractivity contribution in [2.75, 3.05) is 13.2 Å². The van der Waals surface area contributed by atoms with E-state index in [0.717, 1.165) is 19.3 Å². The van der Waals surface area contributed by atoms with Crippen molar-refractivity contribution >= 4 is 5.78 Å². The van der Waals surface area contributed by atoms with Crippen LogP contribution in [0.1, 0.15) is 45.1 Å². The van der Waals surface area contributed by atoms with Crippen LogP contribution in [0.5, 0.6) is 0 Å². The molecule has 1 aliphatic heterocycles. The van der Waals surface area contributed by atoms with Crippen LogP contribution in [0.3, 0.4) is 0 Å². The smallest absolute Gasteiger partial charge is 0.143 e. The molecular weight excluding hydrogens is 236 g/mol. The summed E-state index contributed by atoms with van der Waals surface area (Å²) in [7, 11) is 0. The summed E-state index contributed by atoms with van der Waals surface area (Å²) in [6, 6.07) is 10.3. The topological polar surface area (TPSA) is 26.3 Å². The van der Waals surface area contributed by atoms with Crippen LogP contribution in [0.4, 0.5) is 0 Å². The Morgan fingerprint density at radius 1 is 1.21 bits per heavy atom. The molecule has 19 heavy (non-hydrogen) atoms. The van der Waals surface area contributed by atoms with E-state index in [4.69, 9.17) is 4.74 Å². The van der Waals surface area contributed by atoms with E-state index >= 15 is 0 Å². The van der Waals surface area contributed by atoms with Crippen LogP contribution >= 0.6 is 0 Å². The highest BCUT2D eigenvalue weighted by atomic mass is 16.5. The van der Waals surface area contributed by atoms with Gasteiger partial charge >= 0.3 is 0 Å². The average Bonchev–Trinajstić information content (AvgIpc) is 2.46. The SMILES string of the molecule is CC(C)CCC(=O)C1(c2ccccc2)CCOCC1. The molecule has 2 nitrogen and oxygen atoms in total. The van der Waals surface area contributed by atoms with E-state index in [-0.39, 0.29) is 5.41 Å². The predicted octanol–water partition coefficient (Wildman–Crippen LogP) is 3.74. The summed E-state index contributed by atoms with van der Waals surface area (Å²) in [5.41, 5.74) is 0.876. The molecule has 1 heterocycles. The Morgan fingerprint density at radius 2 is 1.84 bits per heavy atom. The Kier molecular flexibility index (Phi) is 4.76. The summed E-state index contributed by atoms with van der Waals surface area (Å²) in [5.74, 6) is 0.979. The van der Waals surface area contributed by atoms with Crippen LogP contribution in [0.25, 0.3) is 0 Å². The second-order valence-corrected chi connectivity index (χ2v) is 5.92. The second-order valence-electron chi connectivity index (χ2n) is 5.92. The molecule has 0 aromatic heterocycles. The van der Waals surface area contributed by atoms with Crippen LogP contribution in [-0.4, -0.2) is 19.0 Å². The number of ketones is 1. The predicted molar refractivity (Wildman–Crippen MR) is 77.3 cm³/mol. The monoisotopic (exact) mass is 260 g/mol. The van der Waals surface area contributed by atoms with Crippen LogP contribution in [-0.2, 0) is 14.9 Å². The minimum atomic E-state index is -0.297. The number of ether oxygens (including phenoxy) is 1. The number of hydrogen-bond acceptors (Lipinski definition) is 2. The Morgan fingerprint density at radius 3 is 2.42 bits per heavy atom.